The number of amides is 2. The average Bonchev–Trinajstić information content (AvgIpc) is 2.80. The summed E-state index contributed by atoms with van der Waals surface area (Å²) in [5, 5.41) is 20.6. The van der Waals surface area contributed by atoms with Crippen molar-refractivity contribution in [2.75, 3.05) is 13.2 Å². The van der Waals surface area contributed by atoms with Gasteiger partial charge in [0.2, 0.25) is 11.8 Å². The van der Waals surface area contributed by atoms with E-state index in [0.29, 0.717) is 23.4 Å². The Morgan fingerprint density at radius 2 is 2.37 bits per heavy atom. The summed E-state index contributed by atoms with van der Waals surface area (Å²) in [5.74, 6) is -0.948. The molecule has 1 unspecified atom stereocenters. The summed E-state index contributed by atoms with van der Waals surface area (Å²) in [6, 6.07) is 1.17. The van der Waals surface area contributed by atoms with E-state index in [4.69, 9.17) is 16.1 Å². The molecule has 1 aromatic heterocycles. The van der Waals surface area contributed by atoms with Gasteiger partial charge in [-0.05, 0) is 12.0 Å². The Labute approximate surface area is 114 Å². The van der Waals surface area contributed by atoms with Crippen molar-refractivity contribution >= 4 is 23.2 Å². The summed E-state index contributed by atoms with van der Waals surface area (Å²) in [6.45, 7) is 0.0480. The minimum absolute atomic E-state index is 0.0424. The summed E-state index contributed by atoms with van der Waals surface area (Å²) >= 11 is 1.15. The number of aliphatic hydroxyl groups is 1. The van der Waals surface area contributed by atoms with E-state index in [1.54, 1.807) is 0 Å². The second kappa shape index (κ2) is 5.38. The molecule has 7 heteroatoms. The van der Waals surface area contributed by atoms with E-state index in [1.165, 1.54) is 4.90 Å². The zero-order valence-corrected chi connectivity index (χ0v) is 10.9. The molecule has 0 aromatic carbocycles. The van der Waals surface area contributed by atoms with E-state index in [1.807, 2.05) is 6.07 Å². The molecule has 2 amide bonds. The van der Waals surface area contributed by atoms with Crippen LogP contribution < -0.4 is 5.73 Å². The van der Waals surface area contributed by atoms with Gasteiger partial charge < -0.3 is 15.7 Å². The number of nitrogens with two attached hydrogens (primary N) is 1. The molecular formula is C12H12N3O3S. The van der Waals surface area contributed by atoms with E-state index in [-0.39, 0.29) is 18.9 Å². The number of carbonyl (C=O) groups excluding carboxylic acids is 2. The highest BCUT2D eigenvalue weighted by atomic mass is 32.1. The Kier molecular flexibility index (Phi) is 3.83. The quantitative estimate of drug-likeness (QED) is 0.792. The van der Waals surface area contributed by atoms with Crippen LogP contribution in [0.3, 0.4) is 0 Å². The Hall–Kier alpha value is -1.91. The highest BCUT2D eigenvalue weighted by Gasteiger charge is 2.36. The highest BCUT2D eigenvalue weighted by Crippen LogP contribution is 2.36. The Morgan fingerprint density at radius 1 is 1.63 bits per heavy atom. The van der Waals surface area contributed by atoms with Crippen LogP contribution in [0.5, 0.6) is 0 Å². The smallest absolute Gasteiger partial charge is 0.245 e. The van der Waals surface area contributed by atoms with Crippen molar-refractivity contribution < 1.29 is 14.7 Å². The molecule has 6 nitrogen and oxygen atoms in total. The van der Waals surface area contributed by atoms with Gasteiger partial charge in [0.05, 0.1) is 17.6 Å². The first kappa shape index (κ1) is 13.5. The van der Waals surface area contributed by atoms with Gasteiger partial charge in [-0.2, -0.15) is 5.26 Å². The largest absolute Gasteiger partial charge is 0.396 e. The normalized spacial score (nSPS) is 17.7. The highest BCUT2D eigenvalue weighted by molar-refractivity contribution is 7.10. The summed E-state index contributed by atoms with van der Waals surface area (Å²) in [7, 11) is 0. The topological polar surface area (TPSA) is 107 Å². The molecule has 19 heavy (non-hydrogen) atoms. The summed E-state index contributed by atoms with van der Waals surface area (Å²) < 4.78 is 0. The van der Waals surface area contributed by atoms with Gasteiger partial charge in [0.15, 0.2) is 0 Å². The van der Waals surface area contributed by atoms with Crippen LogP contribution in [0.15, 0.2) is 0 Å². The van der Waals surface area contributed by atoms with Gasteiger partial charge >= 0.3 is 0 Å². The molecule has 3 N–H and O–H groups in total. The predicted molar refractivity (Wildman–Crippen MR) is 66.9 cm³/mol. The molecule has 2 rings (SSSR count). The van der Waals surface area contributed by atoms with Crippen LogP contribution in [0.4, 0.5) is 0 Å². The van der Waals surface area contributed by atoms with Gasteiger partial charge in [0.1, 0.15) is 12.1 Å². The van der Waals surface area contributed by atoms with Crippen molar-refractivity contribution in [1.29, 1.82) is 5.26 Å². The van der Waals surface area contributed by atoms with Crippen LogP contribution in [0.1, 0.15) is 28.5 Å². The van der Waals surface area contributed by atoms with Gasteiger partial charge in [-0.1, -0.05) is 0 Å². The minimum atomic E-state index is -0.855. The van der Waals surface area contributed by atoms with Crippen LogP contribution in [0.2, 0.25) is 0 Å². The number of hydrogen-bond acceptors (Lipinski definition) is 5. The second-order valence-electron chi connectivity index (χ2n) is 4.15. The van der Waals surface area contributed by atoms with Crippen molar-refractivity contribution in [2.45, 2.75) is 18.9 Å². The van der Waals surface area contributed by atoms with Crippen molar-refractivity contribution in [2.24, 2.45) is 5.73 Å². The third-order valence-corrected chi connectivity index (χ3v) is 4.05. The standard InChI is InChI=1S/C12H12N3O3S/c13-5-7-6-19-11-8(7)1-3-15(9(17)2-4-16)10(11)12(14)18/h10,16H,1-4H2,(H2,14,18). The maximum Gasteiger partial charge on any atom is 0.245 e. The summed E-state index contributed by atoms with van der Waals surface area (Å²) in [5.41, 5.74) is 6.54. The SMILES string of the molecule is N#Cc1[c]sc2c1CCN(C(=O)CCO)C2C(N)=O. The molecule has 0 saturated carbocycles. The number of nitriles is 1. The number of thiophene rings is 1. The predicted octanol–water partition coefficient (Wildman–Crippen LogP) is -0.287. The molecular weight excluding hydrogens is 266 g/mol. The van der Waals surface area contributed by atoms with Crippen LogP contribution in [0.25, 0.3) is 0 Å². The van der Waals surface area contributed by atoms with E-state index in [9.17, 15) is 9.59 Å². The number of carbonyl (C=O) groups is 2. The molecule has 2 heterocycles. The minimum Gasteiger partial charge on any atom is -0.396 e. The van der Waals surface area contributed by atoms with Crippen molar-refractivity contribution in [3.8, 4) is 6.07 Å². The molecule has 0 saturated heterocycles. The molecule has 1 atom stereocenters. The van der Waals surface area contributed by atoms with Gasteiger partial charge in [-0.25, -0.2) is 0 Å². The van der Waals surface area contributed by atoms with Gasteiger partial charge in [0, 0.05) is 17.8 Å². The van der Waals surface area contributed by atoms with Crippen LogP contribution >= 0.6 is 11.3 Å². The first-order valence-electron chi connectivity index (χ1n) is 5.73. The van der Waals surface area contributed by atoms with Crippen molar-refractivity contribution in [1.82, 2.24) is 4.90 Å². The maximum absolute atomic E-state index is 11.9. The van der Waals surface area contributed by atoms with Crippen LogP contribution in [-0.2, 0) is 16.0 Å². The van der Waals surface area contributed by atoms with Gasteiger partial charge in [-0.15, -0.1) is 11.3 Å². The Bertz CT molecular complexity index is 561. The van der Waals surface area contributed by atoms with E-state index >= 15 is 0 Å². The molecule has 1 aliphatic rings. The lowest BCUT2D eigenvalue weighted by atomic mass is 9.97. The first-order chi connectivity index (χ1) is 9.10. The molecule has 0 fully saturated rings. The van der Waals surface area contributed by atoms with Crippen molar-refractivity contribution in [3.63, 3.8) is 0 Å². The molecule has 0 aliphatic carbocycles. The van der Waals surface area contributed by atoms with Crippen molar-refractivity contribution in [3.05, 3.63) is 21.4 Å². The lowest BCUT2D eigenvalue weighted by molar-refractivity contribution is -0.140. The maximum atomic E-state index is 11.9. The van der Waals surface area contributed by atoms with Crippen LogP contribution in [-0.4, -0.2) is 35.0 Å². The average molecular weight is 278 g/mol. The number of fused-ring (bicyclic) bond motifs is 1. The summed E-state index contributed by atoms with van der Waals surface area (Å²) in [6.07, 6.45) is 0.457. The lowest BCUT2D eigenvalue weighted by Crippen LogP contribution is -2.45. The number of rotatable bonds is 3. The monoisotopic (exact) mass is 278 g/mol. The zero-order valence-electron chi connectivity index (χ0n) is 10.0. The van der Waals surface area contributed by atoms with E-state index < -0.39 is 11.9 Å². The molecule has 0 spiro atoms. The fourth-order valence-electron chi connectivity index (χ4n) is 2.21. The molecule has 1 radical (unpaired) electrons. The van der Waals surface area contributed by atoms with Gasteiger partial charge in [-0.3, -0.25) is 9.59 Å². The Morgan fingerprint density at radius 3 is 2.95 bits per heavy atom. The van der Waals surface area contributed by atoms with Gasteiger partial charge in [0.25, 0.3) is 0 Å². The number of aliphatic hydroxyl groups excluding tert-OH is 1. The third kappa shape index (κ3) is 2.32. The van der Waals surface area contributed by atoms with E-state index in [0.717, 1.165) is 16.9 Å². The lowest BCUT2D eigenvalue weighted by Gasteiger charge is -2.33. The fraction of sp³-hybridized carbons (Fsp3) is 0.417. The molecule has 1 aliphatic heterocycles. The second-order valence-corrected chi connectivity index (χ2v) is 5.00. The first-order valence-corrected chi connectivity index (χ1v) is 6.54. The fourth-order valence-corrected chi connectivity index (χ4v) is 3.27. The number of primary amides is 1. The zero-order chi connectivity index (χ0) is 14.0. The van der Waals surface area contributed by atoms with E-state index in [2.05, 4.69) is 5.38 Å². The van der Waals surface area contributed by atoms with Crippen LogP contribution in [0, 0.1) is 16.7 Å². The summed E-state index contributed by atoms with van der Waals surface area (Å²) in [4.78, 5) is 25.5. The molecule has 1 aromatic rings. The third-order valence-electron chi connectivity index (χ3n) is 3.05. The molecule has 0 bridgehead atoms. The number of nitrogens with zero attached hydrogens (tertiary/aromatic N) is 2. The Balaban J connectivity index is 2.40. The molecule has 99 valence electrons. The number of hydrogen-bond donors (Lipinski definition) is 2.